The van der Waals surface area contributed by atoms with Crippen LogP contribution in [-0.4, -0.2) is 82.3 Å². The zero-order valence-electron chi connectivity index (χ0n) is 19.8. The van der Waals surface area contributed by atoms with Crippen molar-refractivity contribution in [2.24, 2.45) is 0 Å². The Balaban J connectivity index is 0.000000340. The molecule has 0 aromatic carbocycles. The molecule has 2 atom stereocenters. The lowest BCUT2D eigenvalue weighted by Crippen LogP contribution is -2.45. The largest absolute Gasteiger partial charge is 0.480 e. The molecule has 0 radical (unpaired) electrons. The quantitative estimate of drug-likeness (QED) is 0.492. The van der Waals surface area contributed by atoms with Gasteiger partial charge in [-0.05, 0) is 41.5 Å². The van der Waals surface area contributed by atoms with E-state index in [4.69, 9.17) is 14.6 Å². The van der Waals surface area contributed by atoms with E-state index >= 15 is 0 Å². The smallest absolute Gasteiger partial charge is 0.414 e. The van der Waals surface area contributed by atoms with E-state index in [1.54, 1.807) is 41.5 Å². The predicted molar refractivity (Wildman–Crippen MR) is 110 cm³/mol. The Hall–Kier alpha value is -2.64. The van der Waals surface area contributed by atoms with Crippen LogP contribution in [0.15, 0.2) is 0 Å². The standard InChI is InChI=1S/C10H16F2N2O3.C10H15F2NO4/c1-9(2,3)17-8(16)14-7(15)6-4-10(11,12)5-13-6;1-9(2,3)17-8(16)13-5-10(11,12)4-6(13)7(14)15/h6,13H,4-5H2,1-3H3,(H,14,15,16);6H,4-5H2,1-3H3,(H,14,15)/t2*6-/m00/s1. The summed E-state index contributed by atoms with van der Waals surface area (Å²) in [6.07, 6.45) is -3.44. The number of alkyl carbamates (subject to hydrolysis) is 1. The van der Waals surface area contributed by atoms with E-state index in [9.17, 15) is 36.7 Å². The molecule has 14 heteroatoms. The lowest BCUT2D eigenvalue weighted by molar-refractivity contribution is -0.142. The third-order valence-corrected chi connectivity index (χ3v) is 4.23. The summed E-state index contributed by atoms with van der Waals surface area (Å²) in [6, 6.07) is -2.59. The van der Waals surface area contributed by atoms with E-state index in [1.165, 1.54) is 0 Å². The molecular weight excluding hydrogens is 470 g/mol. The Labute approximate surface area is 194 Å². The maximum Gasteiger partial charge on any atom is 0.414 e. The zero-order chi connectivity index (χ0) is 26.7. The molecule has 0 unspecified atom stereocenters. The lowest BCUT2D eigenvalue weighted by atomic mass is 10.2. The maximum absolute atomic E-state index is 13.1. The van der Waals surface area contributed by atoms with Crippen LogP contribution in [0.2, 0.25) is 0 Å². The molecule has 2 saturated heterocycles. The van der Waals surface area contributed by atoms with Gasteiger partial charge in [0, 0.05) is 12.8 Å². The van der Waals surface area contributed by atoms with Crippen molar-refractivity contribution in [3.63, 3.8) is 0 Å². The van der Waals surface area contributed by atoms with Gasteiger partial charge in [-0.3, -0.25) is 20.3 Å². The van der Waals surface area contributed by atoms with Crippen molar-refractivity contribution in [2.75, 3.05) is 13.1 Å². The monoisotopic (exact) mass is 501 g/mol. The topological polar surface area (TPSA) is 134 Å². The highest BCUT2D eigenvalue weighted by Crippen LogP contribution is 2.33. The third-order valence-electron chi connectivity index (χ3n) is 4.23. The minimum atomic E-state index is -3.18. The average Bonchev–Trinajstić information content (AvgIpc) is 3.11. The van der Waals surface area contributed by atoms with Gasteiger partial charge in [0.2, 0.25) is 5.91 Å². The second kappa shape index (κ2) is 10.3. The summed E-state index contributed by atoms with van der Waals surface area (Å²) >= 11 is 0. The zero-order valence-corrected chi connectivity index (χ0v) is 19.8. The van der Waals surface area contributed by atoms with E-state index in [1.807, 2.05) is 5.32 Å². The Morgan fingerprint density at radius 3 is 1.88 bits per heavy atom. The molecule has 0 aliphatic carbocycles. The number of imide groups is 1. The fraction of sp³-hybridized carbons (Fsp3) is 0.800. The van der Waals surface area contributed by atoms with Crippen molar-refractivity contribution in [2.45, 2.75) is 89.5 Å². The fourth-order valence-corrected chi connectivity index (χ4v) is 2.94. The fourth-order valence-electron chi connectivity index (χ4n) is 2.94. The van der Waals surface area contributed by atoms with Crippen LogP contribution in [0, 0.1) is 0 Å². The number of carboxylic acid groups (broad SMARTS) is 1. The molecule has 196 valence electrons. The molecule has 34 heavy (non-hydrogen) atoms. The minimum absolute atomic E-state index is 0.556. The van der Waals surface area contributed by atoms with Crippen LogP contribution in [0.4, 0.5) is 27.2 Å². The number of carbonyl (C=O) groups excluding carboxylic acids is 3. The Morgan fingerprint density at radius 2 is 1.47 bits per heavy atom. The van der Waals surface area contributed by atoms with E-state index in [-0.39, 0.29) is 0 Å². The number of hydrogen-bond donors (Lipinski definition) is 3. The van der Waals surface area contributed by atoms with E-state index in [2.05, 4.69) is 5.32 Å². The van der Waals surface area contributed by atoms with Gasteiger partial charge >= 0.3 is 18.2 Å². The molecule has 2 aliphatic rings. The number of carboxylic acids is 1. The number of likely N-dealkylation sites (tertiary alicyclic amines) is 1. The van der Waals surface area contributed by atoms with Crippen LogP contribution in [-0.2, 0) is 19.1 Å². The molecule has 0 saturated carbocycles. The summed E-state index contributed by atoms with van der Waals surface area (Å²) in [5, 5.41) is 13.0. The molecule has 2 rings (SSSR count). The molecule has 10 nitrogen and oxygen atoms in total. The first-order valence-electron chi connectivity index (χ1n) is 10.4. The van der Waals surface area contributed by atoms with E-state index in [0.717, 1.165) is 0 Å². The summed E-state index contributed by atoms with van der Waals surface area (Å²) < 4.78 is 61.5. The van der Waals surface area contributed by atoms with Crippen LogP contribution in [0.5, 0.6) is 0 Å². The van der Waals surface area contributed by atoms with Crippen LogP contribution >= 0.6 is 0 Å². The molecule has 0 spiro atoms. The Morgan fingerprint density at radius 1 is 0.941 bits per heavy atom. The Bertz CT molecular complexity index is 794. The number of alkyl halides is 4. The van der Waals surface area contributed by atoms with E-state index in [0.29, 0.717) is 4.90 Å². The van der Waals surface area contributed by atoms with Crippen LogP contribution < -0.4 is 10.6 Å². The number of amides is 3. The molecule has 3 N–H and O–H groups in total. The second-order valence-electron chi connectivity index (χ2n) is 10.0. The number of halogens is 4. The maximum atomic E-state index is 13.1. The Kier molecular flexibility index (Phi) is 8.92. The van der Waals surface area contributed by atoms with Crippen molar-refractivity contribution in [1.82, 2.24) is 15.5 Å². The van der Waals surface area contributed by atoms with Gasteiger partial charge in [0.1, 0.15) is 17.2 Å². The second-order valence-corrected chi connectivity index (χ2v) is 10.0. The van der Waals surface area contributed by atoms with Gasteiger partial charge in [-0.2, -0.15) is 0 Å². The van der Waals surface area contributed by atoms with Gasteiger partial charge < -0.3 is 14.6 Å². The number of rotatable bonds is 2. The molecule has 0 bridgehead atoms. The summed E-state index contributed by atoms with van der Waals surface area (Å²) in [6.45, 7) is 8.17. The summed E-state index contributed by atoms with van der Waals surface area (Å²) in [7, 11) is 0. The molecule has 0 aromatic rings. The first-order chi connectivity index (χ1) is 15.1. The number of ether oxygens (including phenoxy) is 2. The number of nitrogens with zero attached hydrogens (tertiary/aromatic N) is 1. The highest BCUT2D eigenvalue weighted by Gasteiger charge is 2.51. The van der Waals surface area contributed by atoms with Gasteiger partial charge in [0.05, 0.1) is 19.1 Å². The molecule has 0 aromatic heterocycles. The lowest BCUT2D eigenvalue weighted by Gasteiger charge is -2.26. The van der Waals surface area contributed by atoms with Crippen molar-refractivity contribution in [1.29, 1.82) is 0 Å². The molecule has 3 amide bonds. The average molecular weight is 501 g/mol. The van der Waals surface area contributed by atoms with E-state index < -0.39 is 85.1 Å². The number of carbonyl (C=O) groups is 4. The highest BCUT2D eigenvalue weighted by molar-refractivity contribution is 5.95. The minimum Gasteiger partial charge on any atom is -0.480 e. The van der Waals surface area contributed by atoms with Gasteiger partial charge in [-0.15, -0.1) is 0 Å². The molecule has 2 heterocycles. The van der Waals surface area contributed by atoms with Crippen LogP contribution in [0.1, 0.15) is 54.4 Å². The van der Waals surface area contributed by atoms with Crippen molar-refractivity contribution in [3.05, 3.63) is 0 Å². The van der Waals surface area contributed by atoms with Crippen LogP contribution in [0.3, 0.4) is 0 Å². The SMILES string of the molecule is CC(C)(C)OC(=O)N1CC(F)(F)C[C@H]1C(=O)O.CC(C)(C)OC(=O)NC(=O)[C@@H]1CC(F)(F)CN1. The first kappa shape index (κ1) is 29.4. The van der Waals surface area contributed by atoms with Crippen LogP contribution in [0.25, 0.3) is 0 Å². The molecular formula is C20H31F4N3O7. The van der Waals surface area contributed by atoms with Gasteiger partial charge in [-0.1, -0.05) is 0 Å². The van der Waals surface area contributed by atoms with Crippen molar-refractivity contribution in [3.8, 4) is 0 Å². The summed E-state index contributed by atoms with van der Waals surface area (Å²) in [5.41, 5.74) is -1.59. The normalized spacial score (nSPS) is 23.4. The van der Waals surface area contributed by atoms with Gasteiger partial charge in [0.15, 0.2) is 0 Å². The number of hydrogen-bond acceptors (Lipinski definition) is 7. The van der Waals surface area contributed by atoms with Crippen molar-refractivity contribution < 1.29 is 51.3 Å². The summed E-state index contributed by atoms with van der Waals surface area (Å²) in [5.74, 6) is -8.33. The molecule has 2 fully saturated rings. The number of nitrogens with one attached hydrogen (secondary N) is 2. The first-order valence-corrected chi connectivity index (χ1v) is 10.4. The summed E-state index contributed by atoms with van der Waals surface area (Å²) in [4.78, 5) is 45.6. The van der Waals surface area contributed by atoms with Gasteiger partial charge in [-0.25, -0.2) is 31.9 Å². The molecule has 2 aliphatic heterocycles. The van der Waals surface area contributed by atoms with Gasteiger partial charge in [0.25, 0.3) is 11.8 Å². The number of aliphatic carboxylic acids is 1. The predicted octanol–water partition coefficient (Wildman–Crippen LogP) is 2.75. The third kappa shape index (κ3) is 10.1. The highest BCUT2D eigenvalue weighted by atomic mass is 19.3. The van der Waals surface area contributed by atoms with Crippen molar-refractivity contribution >= 4 is 24.1 Å².